The minimum atomic E-state index is -0.230. The van der Waals surface area contributed by atoms with Gasteiger partial charge in [0.25, 0.3) is 0 Å². The number of halogens is 1. The maximum absolute atomic E-state index is 13.5. The number of aromatic nitrogens is 1. The van der Waals surface area contributed by atoms with Gasteiger partial charge in [0.2, 0.25) is 0 Å². The van der Waals surface area contributed by atoms with Crippen molar-refractivity contribution >= 4 is 6.08 Å². The molecule has 0 atom stereocenters. The molecule has 0 spiro atoms. The van der Waals surface area contributed by atoms with Gasteiger partial charge in [0.15, 0.2) is 0 Å². The van der Waals surface area contributed by atoms with Crippen LogP contribution in [-0.2, 0) is 11.3 Å². The van der Waals surface area contributed by atoms with Crippen molar-refractivity contribution in [2.24, 2.45) is 0 Å². The van der Waals surface area contributed by atoms with Gasteiger partial charge in [-0.05, 0) is 42.0 Å². The molecule has 0 aliphatic heterocycles. The smallest absolute Gasteiger partial charge is 0.123 e. The fourth-order valence-electron chi connectivity index (χ4n) is 3.17. The molecule has 0 aliphatic rings. The zero-order chi connectivity index (χ0) is 18.6. The molecule has 0 saturated carbocycles. The maximum Gasteiger partial charge on any atom is 0.123 e. The topological polar surface area (TPSA) is 22.1 Å². The minimum Gasteiger partial charge on any atom is -0.380 e. The number of ether oxygens (including phenoxy) is 1. The summed E-state index contributed by atoms with van der Waals surface area (Å²) in [6, 6.07) is 6.70. The molecule has 0 aliphatic carbocycles. The van der Waals surface area contributed by atoms with Gasteiger partial charge in [0, 0.05) is 23.9 Å². The van der Waals surface area contributed by atoms with Gasteiger partial charge in [-0.1, -0.05) is 52.0 Å². The van der Waals surface area contributed by atoms with Crippen molar-refractivity contribution in [3.63, 3.8) is 0 Å². The van der Waals surface area contributed by atoms with Crippen molar-refractivity contribution in [2.45, 2.75) is 53.1 Å². The Kier molecular flexibility index (Phi) is 6.49. The normalized spacial score (nSPS) is 11.9. The highest BCUT2D eigenvalue weighted by Gasteiger charge is 2.22. The second-order valence-corrected chi connectivity index (χ2v) is 6.90. The Bertz CT molecular complexity index is 746. The molecule has 1 heterocycles. The van der Waals surface area contributed by atoms with Crippen LogP contribution in [0.4, 0.5) is 4.39 Å². The van der Waals surface area contributed by atoms with Crippen LogP contribution >= 0.6 is 0 Å². The summed E-state index contributed by atoms with van der Waals surface area (Å²) >= 11 is 0. The summed E-state index contributed by atoms with van der Waals surface area (Å²) in [4.78, 5) is 5.01. The number of methoxy groups -OCH3 is 1. The molecule has 0 unspecified atom stereocenters. The van der Waals surface area contributed by atoms with E-state index in [4.69, 9.17) is 9.72 Å². The van der Waals surface area contributed by atoms with Crippen LogP contribution in [0.1, 0.15) is 69.0 Å². The molecule has 0 radical (unpaired) electrons. The van der Waals surface area contributed by atoms with E-state index in [1.807, 2.05) is 25.1 Å². The summed E-state index contributed by atoms with van der Waals surface area (Å²) in [6.45, 7) is 11.1. The van der Waals surface area contributed by atoms with Gasteiger partial charge in [-0.2, -0.15) is 0 Å². The van der Waals surface area contributed by atoms with Crippen LogP contribution in [0.25, 0.3) is 17.2 Å². The molecule has 2 aromatic rings. The Labute approximate surface area is 150 Å². The van der Waals surface area contributed by atoms with Gasteiger partial charge in [-0.25, -0.2) is 4.39 Å². The van der Waals surface area contributed by atoms with E-state index in [-0.39, 0.29) is 11.7 Å². The van der Waals surface area contributed by atoms with Gasteiger partial charge in [0.05, 0.1) is 12.3 Å². The van der Waals surface area contributed by atoms with Gasteiger partial charge < -0.3 is 4.74 Å². The molecule has 0 saturated heterocycles. The lowest BCUT2D eigenvalue weighted by Crippen LogP contribution is -2.11. The van der Waals surface area contributed by atoms with Gasteiger partial charge in [-0.15, -0.1) is 0 Å². The highest BCUT2D eigenvalue weighted by atomic mass is 19.1. The predicted octanol–water partition coefficient (Wildman–Crippen LogP) is 6.31. The fraction of sp³-hybridized carbons (Fsp3) is 0.409. The van der Waals surface area contributed by atoms with E-state index in [0.29, 0.717) is 12.5 Å². The summed E-state index contributed by atoms with van der Waals surface area (Å²) in [5.74, 6) is 0.341. The van der Waals surface area contributed by atoms with Crippen LogP contribution in [0.2, 0.25) is 0 Å². The van der Waals surface area contributed by atoms with Crippen molar-refractivity contribution in [1.82, 2.24) is 4.98 Å². The third-order valence-electron chi connectivity index (χ3n) is 4.25. The van der Waals surface area contributed by atoms with Crippen molar-refractivity contribution in [1.29, 1.82) is 0 Å². The lowest BCUT2D eigenvalue weighted by Gasteiger charge is -2.23. The Morgan fingerprint density at radius 1 is 1.04 bits per heavy atom. The number of allylic oxidation sites excluding steroid dienone is 1. The summed E-state index contributed by atoms with van der Waals surface area (Å²) in [5, 5.41) is 0. The zero-order valence-electron chi connectivity index (χ0n) is 16.1. The van der Waals surface area contributed by atoms with Crippen molar-refractivity contribution in [3.05, 3.63) is 58.7 Å². The second kappa shape index (κ2) is 8.39. The molecule has 25 heavy (non-hydrogen) atoms. The van der Waals surface area contributed by atoms with Crippen LogP contribution in [0.5, 0.6) is 0 Å². The zero-order valence-corrected chi connectivity index (χ0v) is 16.1. The highest BCUT2D eigenvalue weighted by Crippen LogP contribution is 2.37. The first-order valence-electron chi connectivity index (χ1n) is 8.84. The second-order valence-electron chi connectivity index (χ2n) is 6.90. The van der Waals surface area contributed by atoms with E-state index in [1.54, 1.807) is 7.11 Å². The fourth-order valence-corrected chi connectivity index (χ4v) is 3.17. The summed E-state index contributed by atoms with van der Waals surface area (Å²) in [7, 11) is 1.70. The summed E-state index contributed by atoms with van der Waals surface area (Å²) < 4.78 is 19.0. The number of benzene rings is 1. The quantitative estimate of drug-likeness (QED) is 0.614. The van der Waals surface area contributed by atoms with Crippen LogP contribution in [-0.4, -0.2) is 12.1 Å². The Balaban J connectivity index is 2.92. The van der Waals surface area contributed by atoms with E-state index in [0.717, 1.165) is 33.6 Å². The van der Waals surface area contributed by atoms with Crippen molar-refractivity contribution in [2.75, 3.05) is 7.11 Å². The van der Waals surface area contributed by atoms with Gasteiger partial charge in [-0.3, -0.25) is 4.98 Å². The first-order valence-corrected chi connectivity index (χ1v) is 8.84. The Hall–Kier alpha value is -2.00. The molecule has 0 bridgehead atoms. The molecule has 1 aromatic carbocycles. The highest BCUT2D eigenvalue weighted by molar-refractivity contribution is 5.80. The summed E-state index contributed by atoms with van der Waals surface area (Å²) in [5.41, 5.74) is 6.40. The third-order valence-corrected chi connectivity index (χ3v) is 4.25. The molecular formula is C22H28FNO. The molecule has 1 aromatic heterocycles. The SMILES string of the molecule is CC=Cc1c(C(C)C)nc(C(C)C)c(COC)c1-c1ccc(F)cc1. The number of rotatable bonds is 6. The number of pyridine rings is 1. The first kappa shape index (κ1) is 19.3. The molecule has 0 amide bonds. The van der Waals surface area contributed by atoms with E-state index >= 15 is 0 Å². The number of nitrogens with zero attached hydrogens (tertiary/aromatic N) is 1. The van der Waals surface area contributed by atoms with Crippen molar-refractivity contribution in [3.8, 4) is 11.1 Å². The van der Waals surface area contributed by atoms with Crippen LogP contribution in [0, 0.1) is 5.82 Å². The molecule has 0 fully saturated rings. The molecule has 2 nitrogen and oxygen atoms in total. The maximum atomic E-state index is 13.5. The Morgan fingerprint density at radius 3 is 2.12 bits per heavy atom. The lowest BCUT2D eigenvalue weighted by atomic mass is 9.87. The molecule has 134 valence electrons. The van der Waals surface area contributed by atoms with Crippen molar-refractivity contribution < 1.29 is 9.13 Å². The third kappa shape index (κ3) is 4.16. The standard InChI is InChI=1S/C22H28FNO/c1-7-8-18-20(16-9-11-17(23)12-10-16)19(13-25-6)22(15(4)5)24-21(18)14(2)3/h7-12,14-15H,13H2,1-6H3. The monoisotopic (exact) mass is 341 g/mol. The molecule has 0 N–H and O–H groups in total. The summed E-state index contributed by atoms with van der Waals surface area (Å²) in [6.07, 6.45) is 4.13. The average Bonchev–Trinajstić information content (AvgIpc) is 2.56. The molecule has 2 rings (SSSR count). The van der Waals surface area contributed by atoms with Crippen LogP contribution in [0.15, 0.2) is 30.3 Å². The first-order chi connectivity index (χ1) is 11.9. The Morgan fingerprint density at radius 2 is 1.64 bits per heavy atom. The lowest BCUT2D eigenvalue weighted by molar-refractivity contribution is 0.184. The van der Waals surface area contributed by atoms with E-state index in [9.17, 15) is 4.39 Å². The largest absolute Gasteiger partial charge is 0.380 e. The average molecular weight is 341 g/mol. The van der Waals surface area contributed by atoms with E-state index < -0.39 is 0 Å². The molecule has 3 heteroatoms. The van der Waals surface area contributed by atoms with Gasteiger partial charge >= 0.3 is 0 Å². The van der Waals surface area contributed by atoms with Crippen LogP contribution < -0.4 is 0 Å². The minimum absolute atomic E-state index is 0.230. The predicted molar refractivity (Wildman–Crippen MR) is 103 cm³/mol. The van der Waals surface area contributed by atoms with Gasteiger partial charge in [0.1, 0.15) is 5.82 Å². The molecular weight excluding hydrogens is 313 g/mol. The van der Waals surface area contributed by atoms with E-state index in [2.05, 4.69) is 33.8 Å². The van der Waals surface area contributed by atoms with E-state index in [1.165, 1.54) is 12.1 Å². The number of hydrogen-bond donors (Lipinski definition) is 0. The van der Waals surface area contributed by atoms with Crippen LogP contribution in [0.3, 0.4) is 0 Å². The number of hydrogen-bond acceptors (Lipinski definition) is 2.